The van der Waals surface area contributed by atoms with E-state index in [-0.39, 0.29) is 17.6 Å². The highest BCUT2D eigenvalue weighted by Crippen LogP contribution is 2.24. The molecule has 4 nitrogen and oxygen atoms in total. The fourth-order valence-electron chi connectivity index (χ4n) is 2.92. The maximum atomic E-state index is 13.6. The number of anilines is 1. The third kappa shape index (κ3) is 5.61. The van der Waals surface area contributed by atoms with E-state index in [0.717, 1.165) is 16.9 Å². The number of halogens is 2. The Kier molecular flexibility index (Phi) is 7.46. The Bertz CT molecular complexity index is 1020. The second-order valence-corrected chi connectivity index (χ2v) is 6.90. The molecule has 0 radical (unpaired) electrons. The van der Waals surface area contributed by atoms with Crippen LogP contribution in [0.2, 0.25) is 5.02 Å². The first-order chi connectivity index (χ1) is 14.6. The third-order valence-electron chi connectivity index (χ3n) is 4.47. The molecule has 154 valence electrons. The van der Waals surface area contributed by atoms with E-state index in [0.29, 0.717) is 12.2 Å². The molecule has 0 aromatic heterocycles. The fraction of sp³-hybridized carbons (Fsp3) is 0.125. The first-order valence-electron chi connectivity index (χ1n) is 9.42. The number of carbonyl (C=O) groups excluding carboxylic acids is 1. The minimum atomic E-state index is -0.533. The van der Waals surface area contributed by atoms with Gasteiger partial charge >= 0.3 is 6.03 Å². The average Bonchev–Trinajstić information content (AvgIpc) is 2.78. The number of amides is 2. The molecule has 3 aromatic carbocycles. The maximum Gasteiger partial charge on any atom is 0.322 e. The van der Waals surface area contributed by atoms with Crippen molar-refractivity contribution in [2.75, 3.05) is 18.6 Å². The van der Waals surface area contributed by atoms with Crippen LogP contribution in [-0.4, -0.2) is 19.7 Å². The SMILES string of the molecule is COc1ccccc1/C=C/CN(C(=O)NCc1ccccc1)c1ccc(F)c(Cl)c1. The lowest BCUT2D eigenvalue weighted by atomic mass is 10.2. The fourth-order valence-corrected chi connectivity index (χ4v) is 3.09. The van der Waals surface area contributed by atoms with Crippen LogP contribution >= 0.6 is 11.6 Å². The summed E-state index contributed by atoms with van der Waals surface area (Å²) in [6.07, 6.45) is 3.72. The number of methoxy groups -OCH3 is 1. The van der Waals surface area contributed by atoms with Crippen LogP contribution in [0.25, 0.3) is 6.08 Å². The number of nitrogens with one attached hydrogen (secondary N) is 1. The molecule has 0 aliphatic rings. The van der Waals surface area contributed by atoms with Gasteiger partial charge in [0.2, 0.25) is 0 Å². The molecule has 0 aliphatic heterocycles. The Labute approximate surface area is 180 Å². The van der Waals surface area contributed by atoms with Crippen LogP contribution < -0.4 is 15.0 Å². The number of hydrogen-bond acceptors (Lipinski definition) is 2. The molecule has 1 N–H and O–H groups in total. The summed E-state index contributed by atoms with van der Waals surface area (Å²) in [5, 5.41) is 2.85. The number of urea groups is 1. The van der Waals surface area contributed by atoms with Gasteiger partial charge in [-0.25, -0.2) is 9.18 Å². The zero-order valence-electron chi connectivity index (χ0n) is 16.5. The summed E-state index contributed by atoms with van der Waals surface area (Å²) in [6, 6.07) is 21.1. The summed E-state index contributed by atoms with van der Waals surface area (Å²) in [6.45, 7) is 0.641. The van der Waals surface area contributed by atoms with Gasteiger partial charge in [0.25, 0.3) is 0 Å². The van der Waals surface area contributed by atoms with Crippen molar-refractivity contribution < 1.29 is 13.9 Å². The molecule has 30 heavy (non-hydrogen) atoms. The topological polar surface area (TPSA) is 41.6 Å². The van der Waals surface area contributed by atoms with Crippen molar-refractivity contribution in [1.29, 1.82) is 0 Å². The van der Waals surface area contributed by atoms with Gasteiger partial charge in [-0.15, -0.1) is 0 Å². The van der Waals surface area contributed by atoms with E-state index in [1.165, 1.54) is 23.1 Å². The molecule has 0 spiro atoms. The molecule has 3 rings (SSSR count). The summed E-state index contributed by atoms with van der Waals surface area (Å²) in [5.74, 6) is 0.202. The Hall–Kier alpha value is -3.31. The van der Waals surface area contributed by atoms with Crippen LogP contribution in [0, 0.1) is 5.82 Å². The van der Waals surface area contributed by atoms with E-state index in [4.69, 9.17) is 16.3 Å². The monoisotopic (exact) mass is 424 g/mol. The molecule has 6 heteroatoms. The molecule has 0 fully saturated rings. The summed E-state index contributed by atoms with van der Waals surface area (Å²) in [7, 11) is 1.61. The number of carbonyl (C=O) groups is 1. The number of benzene rings is 3. The lowest BCUT2D eigenvalue weighted by Crippen LogP contribution is -2.40. The molecule has 2 amide bonds. The van der Waals surface area contributed by atoms with Gasteiger partial charge in [-0.3, -0.25) is 4.90 Å². The molecule has 0 aliphatic carbocycles. The van der Waals surface area contributed by atoms with E-state index in [1.807, 2.05) is 66.7 Å². The van der Waals surface area contributed by atoms with Crippen LogP contribution in [0.15, 0.2) is 78.9 Å². The van der Waals surface area contributed by atoms with Crippen LogP contribution in [-0.2, 0) is 6.54 Å². The van der Waals surface area contributed by atoms with Crippen molar-refractivity contribution in [2.24, 2.45) is 0 Å². The Morgan fingerprint density at radius 2 is 1.83 bits per heavy atom. The van der Waals surface area contributed by atoms with Crippen molar-refractivity contribution in [3.63, 3.8) is 0 Å². The van der Waals surface area contributed by atoms with Crippen molar-refractivity contribution in [2.45, 2.75) is 6.54 Å². The predicted molar refractivity (Wildman–Crippen MR) is 119 cm³/mol. The average molecular weight is 425 g/mol. The number of hydrogen-bond donors (Lipinski definition) is 1. The molecule has 0 bridgehead atoms. The van der Waals surface area contributed by atoms with E-state index in [1.54, 1.807) is 7.11 Å². The molecule has 0 heterocycles. The summed E-state index contributed by atoms with van der Waals surface area (Å²) in [5.41, 5.74) is 2.37. The molecular formula is C24H22ClFN2O2. The number of rotatable bonds is 7. The van der Waals surface area contributed by atoms with Gasteiger partial charge < -0.3 is 10.1 Å². The lowest BCUT2D eigenvalue weighted by molar-refractivity contribution is 0.246. The summed E-state index contributed by atoms with van der Waals surface area (Å²) in [4.78, 5) is 14.4. The molecule has 0 atom stereocenters. The Balaban J connectivity index is 1.79. The van der Waals surface area contributed by atoms with E-state index < -0.39 is 5.82 Å². The normalized spacial score (nSPS) is 10.8. The molecular weight excluding hydrogens is 403 g/mol. The first kappa shape index (κ1) is 21.4. The quantitative estimate of drug-likeness (QED) is 0.511. The smallest absolute Gasteiger partial charge is 0.322 e. The van der Waals surface area contributed by atoms with Gasteiger partial charge in [0, 0.05) is 24.3 Å². The zero-order valence-corrected chi connectivity index (χ0v) is 17.3. The van der Waals surface area contributed by atoms with Gasteiger partial charge in [-0.1, -0.05) is 72.3 Å². The summed E-state index contributed by atoms with van der Waals surface area (Å²) < 4.78 is 19.0. The second kappa shape index (κ2) is 10.5. The van der Waals surface area contributed by atoms with Crippen LogP contribution in [0.4, 0.5) is 14.9 Å². The van der Waals surface area contributed by atoms with E-state index >= 15 is 0 Å². The highest BCUT2D eigenvalue weighted by Gasteiger charge is 2.16. The van der Waals surface area contributed by atoms with Gasteiger partial charge in [0.1, 0.15) is 11.6 Å². The van der Waals surface area contributed by atoms with Gasteiger partial charge in [-0.2, -0.15) is 0 Å². The predicted octanol–water partition coefficient (Wildman–Crippen LogP) is 5.92. The minimum Gasteiger partial charge on any atom is -0.496 e. The zero-order chi connectivity index (χ0) is 21.3. The highest BCUT2D eigenvalue weighted by atomic mass is 35.5. The minimum absolute atomic E-state index is 0.0398. The third-order valence-corrected chi connectivity index (χ3v) is 4.76. The highest BCUT2D eigenvalue weighted by molar-refractivity contribution is 6.31. The van der Waals surface area contributed by atoms with Crippen LogP contribution in [0.3, 0.4) is 0 Å². The van der Waals surface area contributed by atoms with Gasteiger partial charge in [-0.05, 0) is 29.8 Å². The van der Waals surface area contributed by atoms with Gasteiger partial charge in [0.05, 0.1) is 12.1 Å². The number of ether oxygens (including phenoxy) is 1. The van der Waals surface area contributed by atoms with Crippen molar-refractivity contribution in [3.8, 4) is 5.75 Å². The van der Waals surface area contributed by atoms with Crippen LogP contribution in [0.1, 0.15) is 11.1 Å². The molecule has 0 saturated carbocycles. The van der Waals surface area contributed by atoms with Crippen molar-refractivity contribution in [1.82, 2.24) is 5.32 Å². The maximum absolute atomic E-state index is 13.6. The van der Waals surface area contributed by atoms with Gasteiger partial charge in [0.15, 0.2) is 0 Å². The lowest BCUT2D eigenvalue weighted by Gasteiger charge is -2.22. The Morgan fingerprint density at radius 3 is 2.57 bits per heavy atom. The molecule has 0 saturated heterocycles. The Morgan fingerprint density at radius 1 is 1.10 bits per heavy atom. The number of nitrogens with zero attached hydrogens (tertiary/aromatic N) is 1. The van der Waals surface area contributed by atoms with E-state index in [9.17, 15) is 9.18 Å². The number of para-hydroxylation sites is 1. The van der Waals surface area contributed by atoms with Crippen molar-refractivity contribution >= 4 is 29.4 Å². The standard InChI is InChI=1S/C24H22ClFN2O2/c1-30-23-12-6-5-10-19(23)11-7-15-28(20-13-14-22(26)21(25)16-20)24(29)27-17-18-8-3-2-4-9-18/h2-14,16H,15,17H2,1H3,(H,27,29)/b11-7+. The molecule has 3 aromatic rings. The largest absolute Gasteiger partial charge is 0.496 e. The first-order valence-corrected chi connectivity index (χ1v) is 9.80. The second-order valence-electron chi connectivity index (χ2n) is 6.50. The van der Waals surface area contributed by atoms with E-state index in [2.05, 4.69) is 5.32 Å². The molecule has 0 unspecified atom stereocenters. The van der Waals surface area contributed by atoms with Crippen LogP contribution in [0.5, 0.6) is 5.75 Å². The summed E-state index contributed by atoms with van der Waals surface area (Å²) >= 11 is 5.94. The van der Waals surface area contributed by atoms with Crippen molar-refractivity contribution in [3.05, 3.63) is 101 Å².